The van der Waals surface area contributed by atoms with Gasteiger partial charge in [-0.05, 0) is 18.1 Å². The van der Waals surface area contributed by atoms with Crippen LogP contribution in [0.2, 0.25) is 0 Å². The van der Waals surface area contributed by atoms with Crippen LogP contribution in [0.15, 0.2) is 18.2 Å². The molecule has 0 radical (unpaired) electrons. The van der Waals surface area contributed by atoms with Gasteiger partial charge in [-0.25, -0.2) is 0 Å². The number of nitrogens with zero attached hydrogens (tertiary/aromatic N) is 2. The number of nitro groups is 1. The monoisotopic (exact) mass is 277 g/mol. The minimum absolute atomic E-state index is 0.00173. The first-order valence-electron chi connectivity index (χ1n) is 6.12. The van der Waals surface area contributed by atoms with Crippen molar-refractivity contribution in [3.05, 3.63) is 33.9 Å². The summed E-state index contributed by atoms with van der Waals surface area (Å²) in [6, 6.07) is 5.98. The van der Waals surface area contributed by atoms with Crippen molar-refractivity contribution in [2.24, 2.45) is 5.92 Å². The number of rotatable bonds is 7. The van der Waals surface area contributed by atoms with Gasteiger partial charge in [-0.15, -0.1) is 0 Å². The van der Waals surface area contributed by atoms with Crippen LogP contribution < -0.4 is 5.32 Å². The van der Waals surface area contributed by atoms with Crippen molar-refractivity contribution in [3.8, 4) is 6.07 Å². The largest absolute Gasteiger partial charge is 0.481 e. The lowest BCUT2D eigenvalue weighted by Crippen LogP contribution is -2.17. The molecule has 1 aromatic rings. The van der Waals surface area contributed by atoms with E-state index >= 15 is 0 Å². The van der Waals surface area contributed by atoms with Gasteiger partial charge in [0.05, 0.1) is 4.92 Å². The van der Waals surface area contributed by atoms with Crippen LogP contribution >= 0.6 is 0 Å². The summed E-state index contributed by atoms with van der Waals surface area (Å²) < 4.78 is 0. The number of aliphatic carboxylic acids is 1. The minimum Gasteiger partial charge on any atom is -0.481 e. The van der Waals surface area contributed by atoms with Crippen LogP contribution in [0.3, 0.4) is 0 Å². The van der Waals surface area contributed by atoms with E-state index in [4.69, 9.17) is 10.4 Å². The second-order valence-corrected chi connectivity index (χ2v) is 4.35. The Morgan fingerprint density at radius 2 is 2.30 bits per heavy atom. The highest BCUT2D eigenvalue weighted by Crippen LogP contribution is 2.23. The molecule has 0 saturated carbocycles. The molecule has 0 heterocycles. The van der Waals surface area contributed by atoms with Crippen LogP contribution in [0, 0.1) is 27.4 Å². The quantitative estimate of drug-likeness (QED) is 0.583. The fraction of sp³-hybridized carbons (Fsp3) is 0.385. The van der Waals surface area contributed by atoms with Gasteiger partial charge in [0, 0.05) is 24.7 Å². The first kappa shape index (κ1) is 15.4. The van der Waals surface area contributed by atoms with Crippen LogP contribution in [0.25, 0.3) is 0 Å². The normalized spacial score (nSPS) is 11.4. The molecule has 0 aliphatic carbocycles. The third kappa shape index (κ3) is 4.24. The van der Waals surface area contributed by atoms with E-state index in [-0.39, 0.29) is 23.6 Å². The second-order valence-electron chi connectivity index (χ2n) is 4.35. The molecule has 1 atom stereocenters. The number of carboxylic acid groups (broad SMARTS) is 1. The third-order valence-corrected chi connectivity index (χ3v) is 2.95. The van der Waals surface area contributed by atoms with Gasteiger partial charge in [0.25, 0.3) is 5.69 Å². The van der Waals surface area contributed by atoms with E-state index in [1.807, 2.05) is 6.92 Å². The van der Waals surface area contributed by atoms with Gasteiger partial charge < -0.3 is 10.4 Å². The lowest BCUT2D eigenvalue weighted by molar-refractivity contribution is -0.385. The maximum atomic E-state index is 10.8. The zero-order valence-corrected chi connectivity index (χ0v) is 11.0. The molecule has 0 spiro atoms. The Hall–Kier alpha value is -2.62. The molecule has 7 heteroatoms. The van der Waals surface area contributed by atoms with Gasteiger partial charge in [0.15, 0.2) is 0 Å². The van der Waals surface area contributed by atoms with Crippen LogP contribution in [-0.4, -0.2) is 22.5 Å². The number of carbonyl (C=O) groups is 1. The maximum Gasteiger partial charge on any atom is 0.303 e. The molecule has 0 bridgehead atoms. The minimum atomic E-state index is -0.871. The van der Waals surface area contributed by atoms with Gasteiger partial charge in [-0.3, -0.25) is 14.9 Å². The van der Waals surface area contributed by atoms with Crippen LogP contribution in [-0.2, 0) is 4.79 Å². The summed E-state index contributed by atoms with van der Waals surface area (Å²) in [5.74, 6) is -0.924. The van der Waals surface area contributed by atoms with Crippen molar-refractivity contribution >= 4 is 17.3 Å². The number of nitro benzene ring substituents is 1. The summed E-state index contributed by atoms with van der Waals surface area (Å²) in [6.45, 7) is 2.29. The smallest absolute Gasteiger partial charge is 0.303 e. The molecule has 20 heavy (non-hydrogen) atoms. The van der Waals surface area contributed by atoms with Crippen molar-refractivity contribution < 1.29 is 14.8 Å². The van der Waals surface area contributed by atoms with Crippen LogP contribution in [0.1, 0.15) is 25.3 Å². The summed E-state index contributed by atoms with van der Waals surface area (Å²) in [7, 11) is 0. The summed E-state index contributed by atoms with van der Waals surface area (Å²) in [5, 5.41) is 31.3. The number of anilines is 1. The number of nitrogens with one attached hydrogen (secondary N) is 1. The highest BCUT2D eigenvalue weighted by molar-refractivity contribution is 5.67. The molecule has 0 amide bonds. The Morgan fingerprint density at radius 1 is 1.60 bits per heavy atom. The molecule has 106 valence electrons. The lowest BCUT2D eigenvalue weighted by atomic mass is 10.0. The Kier molecular flexibility index (Phi) is 5.47. The molecule has 0 aromatic heterocycles. The zero-order valence-electron chi connectivity index (χ0n) is 11.0. The third-order valence-electron chi connectivity index (χ3n) is 2.95. The molecule has 0 aliphatic heterocycles. The average molecular weight is 277 g/mol. The maximum absolute atomic E-state index is 10.8. The fourth-order valence-electron chi connectivity index (χ4n) is 1.76. The van der Waals surface area contributed by atoms with Gasteiger partial charge in [-0.2, -0.15) is 5.26 Å². The molecule has 0 aliphatic rings. The molecule has 7 nitrogen and oxygen atoms in total. The Bertz CT molecular complexity index is 551. The predicted molar refractivity (Wildman–Crippen MR) is 72.3 cm³/mol. The van der Waals surface area contributed by atoms with E-state index in [9.17, 15) is 14.9 Å². The summed E-state index contributed by atoms with van der Waals surface area (Å²) in [5.41, 5.74) is 0.237. The van der Waals surface area contributed by atoms with Gasteiger partial charge in [-0.1, -0.05) is 13.3 Å². The predicted octanol–water partition coefficient (Wildman–Crippen LogP) is 2.38. The number of benzene rings is 1. The number of hydrogen-bond acceptors (Lipinski definition) is 5. The van der Waals surface area contributed by atoms with Gasteiger partial charge in [0.2, 0.25) is 0 Å². The van der Waals surface area contributed by atoms with Crippen molar-refractivity contribution in [3.63, 3.8) is 0 Å². The SMILES string of the molecule is CCC(CNc1ccc(C#N)c([N+](=O)[O-])c1)CC(=O)O. The van der Waals surface area contributed by atoms with Crippen molar-refractivity contribution in [1.82, 2.24) is 0 Å². The molecule has 2 N–H and O–H groups in total. The second kappa shape index (κ2) is 7.09. The Labute approximate surface area is 116 Å². The standard InChI is InChI=1S/C13H15N3O4/c1-2-9(5-13(17)18)8-15-11-4-3-10(7-14)12(6-11)16(19)20/h3-4,6,9,15H,2,5,8H2,1H3,(H,17,18). The molecule has 1 unspecified atom stereocenters. The van der Waals surface area contributed by atoms with E-state index in [0.717, 1.165) is 0 Å². The van der Waals surface area contributed by atoms with E-state index < -0.39 is 10.9 Å². The molecule has 1 rings (SSSR count). The topological polar surface area (TPSA) is 116 Å². The molecule has 1 aromatic carbocycles. The van der Waals surface area contributed by atoms with E-state index in [1.165, 1.54) is 12.1 Å². The molecule has 0 fully saturated rings. The number of nitriles is 1. The fourth-order valence-corrected chi connectivity index (χ4v) is 1.76. The van der Waals surface area contributed by atoms with Crippen molar-refractivity contribution in [1.29, 1.82) is 5.26 Å². The number of hydrogen-bond donors (Lipinski definition) is 2. The van der Waals surface area contributed by atoms with Gasteiger partial charge in [0.1, 0.15) is 11.6 Å². The molecular formula is C13H15N3O4. The lowest BCUT2D eigenvalue weighted by Gasteiger charge is -2.14. The Morgan fingerprint density at radius 3 is 2.80 bits per heavy atom. The summed E-state index contributed by atoms with van der Waals surface area (Å²) >= 11 is 0. The van der Waals surface area contributed by atoms with Crippen LogP contribution in [0.5, 0.6) is 0 Å². The number of carboxylic acids is 1. The van der Waals surface area contributed by atoms with Gasteiger partial charge >= 0.3 is 5.97 Å². The molecule has 0 saturated heterocycles. The Balaban J connectivity index is 2.78. The van der Waals surface area contributed by atoms with Crippen LogP contribution in [0.4, 0.5) is 11.4 Å². The zero-order chi connectivity index (χ0) is 15.1. The van der Waals surface area contributed by atoms with E-state index in [2.05, 4.69) is 5.32 Å². The highest BCUT2D eigenvalue weighted by Gasteiger charge is 2.15. The van der Waals surface area contributed by atoms with Crippen molar-refractivity contribution in [2.45, 2.75) is 19.8 Å². The highest BCUT2D eigenvalue weighted by atomic mass is 16.6. The van der Waals surface area contributed by atoms with E-state index in [0.29, 0.717) is 18.7 Å². The summed E-state index contributed by atoms with van der Waals surface area (Å²) in [4.78, 5) is 20.9. The first-order chi connectivity index (χ1) is 9.47. The first-order valence-corrected chi connectivity index (χ1v) is 6.12. The van der Waals surface area contributed by atoms with Crippen molar-refractivity contribution in [2.75, 3.05) is 11.9 Å². The summed E-state index contributed by atoms with van der Waals surface area (Å²) in [6.07, 6.45) is 0.736. The average Bonchev–Trinajstić information content (AvgIpc) is 2.42. The van der Waals surface area contributed by atoms with E-state index in [1.54, 1.807) is 12.1 Å². The molecular weight excluding hydrogens is 262 g/mol.